The van der Waals surface area contributed by atoms with E-state index in [0.29, 0.717) is 12.8 Å². The van der Waals surface area contributed by atoms with Gasteiger partial charge in [0.1, 0.15) is 5.75 Å². The van der Waals surface area contributed by atoms with Crippen LogP contribution in [0.15, 0.2) is 42.5 Å². The van der Waals surface area contributed by atoms with Gasteiger partial charge in [0.2, 0.25) is 5.91 Å². The Labute approximate surface area is 150 Å². The molecule has 134 valence electrons. The van der Waals surface area contributed by atoms with E-state index in [0.717, 1.165) is 11.3 Å². The van der Waals surface area contributed by atoms with Crippen molar-refractivity contribution in [2.45, 2.75) is 32.7 Å². The van der Waals surface area contributed by atoms with Crippen molar-refractivity contribution < 1.29 is 14.6 Å². The highest BCUT2D eigenvalue weighted by molar-refractivity contribution is 5.76. The van der Waals surface area contributed by atoms with Gasteiger partial charge in [-0.05, 0) is 49.1 Å². The summed E-state index contributed by atoms with van der Waals surface area (Å²) in [6.07, 6.45) is 1.13. The highest BCUT2D eigenvalue weighted by Gasteiger charge is 2.21. The molecule has 1 amide bonds. The third-order valence-electron chi connectivity index (χ3n) is 4.64. The number of hydrogen-bond donors (Lipinski definition) is 1. The summed E-state index contributed by atoms with van der Waals surface area (Å²) < 4.78 is 5.15. The number of amides is 1. The van der Waals surface area contributed by atoms with E-state index in [9.17, 15) is 9.90 Å². The number of aryl methyl sites for hydroxylation is 3. The van der Waals surface area contributed by atoms with E-state index in [1.165, 1.54) is 16.7 Å². The van der Waals surface area contributed by atoms with Crippen LogP contribution in [-0.4, -0.2) is 36.7 Å². The van der Waals surface area contributed by atoms with Crippen LogP contribution < -0.4 is 4.74 Å². The summed E-state index contributed by atoms with van der Waals surface area (Å²) in [7, 11) is 3.36. The zero-order valence-corrected chi connectivity index (χ0v) is 15.5. The summed E-state index contributed by atoms with van der Waals surface area (Å²) in [5.41, 5.74) is 4.52. The number of aliphatic hydroxyl groups excluding tert-OH is 1. The average Bonchev–Trinajstić information content (AvgIpc) is 2.61. The molecule has 0 saturated heterocycles. The van der Waals surface area contributed by atoms with Crippen LogP contribution in [0.1, 0.15) is 34.7 Å². The van der Waals surface area contributed by atoms with Gasteiger partial charge in [0.15, 0.2) is 0 Å². The molecule has 2 aromatic carbocycles. The second kappa shape index (κ2) is 8.67. The van der Waals surface area contributed by atoms with Crippen molar-refractivity contribution in [2.24, 2.45) is 0 Å². The lowest BCUT2D eigenvalue weighted by Crippen LogP contribution is -2.33. The van der Waals surface area contributed by atoms with E-state index >= 15 is 0 Å². The van der Waals surface area contributed by atoms with Crippen LogP contribution in [0.2, 0.25) is 0 Å². The van der Waals surface area contributed by atoms with Crippen LogP contribution >= 0.6 is 0 Å². The molecule has 0 bridgehead atoms. The van der Waals surface area contributed by atoms with Crippen molar-refractivity contribution in [3.05, 3.63) is 64.7 Å². The van der Waals surface area contributed by atoms with Crippen LogP contribution in [0, 0.1) is 13.8 Å². The first kappa shape index (κ1) is 19.0. The molecule has 25 heavy (non-hydrogen) atoms. The summed E-state index contributed by atoms with van der Waals surface area (Å²) in [6.45, 7) is 4.03. The Morgan fingerprint density at radius 1 is 1.16 bits per heavy atom. The van der Waals surface area contributed by atoms with Crippen molar-refractivity contribution in [1.82, 2.24) is 4.90 Å². The Hall–Kier alpha value is -2.33. The van der Waals surface area contributed by atoms with Gasteiger partial charge in [0.05, 0.1) is 19.8 Å². The van der Waals surface area contributed by atoms with E-state index in [-0.39, 0.29) is 18.6 Å². The minimum Gasteiger partial charge on any atom is -0.497 e. The standard InChI is InChI=1S/C21H27NO3/c1-15-5-6-17(16(2)13-15)9-12-21(24)22(3)20(14-23)18-7-10-19(25-4)11-8-18/h5-8,10-11,13,20,23H,9,12,14H2,1-4H3. The zero-order chi connectivity index (χ0) is 18.4. The molecule has 2 rings (SSSR count). The number of likely N-dealkylation sites (N-methyl/N-ethyl adjacent to an activating group) is 1. The monoisotopic (exact) mass is 341 g/mol. The van der Waals surface area contributed by atoms with E-state index in [2.05, 4.69) is 32.0 Å². The maximum Gasteiger partial charge on any atom is 0.223 e. The molecule has 0 aliphatic rings. The lowest BCUT2D eigenvalue weighted by Gasteiger charge is -2.27. The van der Waals surface area contributed by atoms with E-state index in [1.807, 2.05) is 24.3 Å². The molecule has 1 N–H and O–H groups in total. The molecule has 1 unspecified atom stereocenters. The first-order valence-electron chi connectivity index (χ1n) is 8.53. The molecular formula is C21H27NO3. The summed E-state index contributed by atoms with van der Waals surface area (Å²) >= 11 is 0. The SMILES string of the molecule is COc1ccc(C(CO)N(C)C(=O)CCc2ccc(C)cc2C)cc1. The molecule has 0 heterocycles. The largest absolute Gasteiger partial charge is 0.497 e. The Morgan fingerprint density at radius 2 is 1.84 bits per heavy atom. The quantitative estimate of drug-likeness (QED) is 0.839. The second-order valence-corrected chi connectivity index (χ2v) is 6.41. The molecule has 4 heteroatoms. The van der Waals surface area contributed by atoms with Crippen molar-refractivity contribution in [2.75, 3.05) is 20.8 Å². The van der Waals surface area contributed by atoms with Crippen molar-refractivity contribution >= 4 is 5.91 Å². The number of nitrogens with zero attached hydrogens (tertiary/aromatic N) is 1. The second-order valence-electron chi connectivity index (χ2n) is 6.41. The van der Waals surface area contributed by atoms with Crippen LogP contribution in [0.25, 0.3) is 0 Å². The minimum atomic E-state index is -0.350. The van der Waals surface area contributed by atoms with E-state index in [4.69, 9.17) is 4.74 Å². The molecule has 0 aromatic heterocycles. The number of ether oxygens (including phenoxy) is 1. The van der Waals surface area contributed by atoms with Gasteiger partial charge in [0.25, 0.3) is 0 Å². The molecule has 0 radical (unpaired) electrons. The summed E-state index contributed by atoms with van der Waals surface area (Å²) in [5.74, 6) is 0.777. The Balaban J connectivity index is 2.03. The summed E-state index contributed by atoms with van der Waals surface area (Å²) in [5, 5.41) is 9.76. The number of carbonyl (C=O) groups excluding carboxylic acids is 1. The topological polar surface area (TPSA) is 49.8 Å². The predicted octanol–water partition coefficient (Wildman–Crippen LogP) is 3.44. The molecule has 0 fully saturated rings. The number of aliphatic hydroxyl groups is 1. The maximum absolute atomic E-state index is 12.6. The molecular weight excluding hydrogens is 314 g/mol. The van der Waals surface area contributed by atoms with Crippen LogP contribution in [0.3, 0.4) is 0 Å². The van der Waals surface area contributed by atoms with Gasteiger partial charge in [-0.2, -0.15) is 0 Å². The third kappa shape index (κ3) is 4.83. The lowest BCUT2D eigenvalue weighted by molar-refractivity contribution is -0.132. The Kier molecular flexibility index (Phi) is 6.59. The van der Waals surface area contributed by atoms with Gasteiger partial charge in [-0.25, -0.2) is 0 Å². The van der Waals surface area contributed by atoms with E-state index in [1.54, 1.807) is 19.1 Å². The first-order chi connectivity index (χ1) is 12.0. The van der Waals surface area contributed by atoms with Gasteiger partial charge in [-0.1, -0.05) is 35.9 Å². The molecule has 4 nitrogen and oxygen atoms in total. The lowest BCUT2D eigenvalue weighted by atomic mass is 10.0. The number of hydrogen-bond acceptors (Lipinski definition) is 3. The van der Waals surface area contributed by atoms with Crippen molar-refractivity contribution in [3.8, 4) is 5.75 Å². The molecule has 0 saturated carbocycles. The highest BCUT2D eigenvalue weighted by atomic mass is 16.5. The summed E-state index contributed by atoms with van der Waals surface area (Å²) in [4.78, 5) is 14.2. The average molecular weight is 341 g/mol. The Bertz CT molecular complexity index is 710. The minimum absolute atomic E-state index is 0.0230. The smallest absolute Gasteiger partial charge is 0.223 e. The molecule has 0 aliphatic heterocycles. The van der Waals surface area contributed by atoms with Gasteiger partial charge >= 0.3 is 0 Å². The fraction of sp³-hybridized carbons (Fsp3) is 0.381. The van der Waals surface area contributed by atoms with Gasteiger partial charge in [-0.15, -0.1) is 0 Å². The number of benzene rings is 2. The molecule has 2 aromatic rings. The first-order valence-corrected chi connectivity index (χ1v) is 8.53. The third-order valence-corrected chi connectivity index (χ3v) is 4.64. The number of methoxy groups -OCH3 is 1. The zero-order valence-electron chi connectivity index (χ0n) is 15.5. The normalized spacial score (nSPS) is 11.9. The molecule has 1 atom stereocenters. The predicted molar refractivity (Wildman–Crippen MR) is 99.8 cm³/mol. The molecule has 0 spiro atoms. The van der Waals surface area contributed by atoms with Crippen molar-refractivity contribution in [3.63, 3.8) is 0 Å². The maximum atomic E-state index is 12.6. The summed E-state index contributed by atoms with van der Waals surface area (Å²) in [6, 6.07) is 13.4. The van der Waals surface area contributed by atoms with Crippen LogP contribution in [0.5, 0.6) is 5.75 Å². The highest BCUT2D eigenvalue weighted by Crippen LogP contribution is 2.23. The van der Waals surface area contributed by atoms with Crippen LogP contribution in [0.4, 0.5) is 0 Å². The van der Waals surface area contributed by atoms with Gasteiger partial charge in [-0.3, -0.25) is 4.79 Å². The van der Waals surface area contributed by atoms with Crippen LogP contribution in [-0.2, 0) is 11.2 Å². The van der Waals surface area contributed by atoms with Gasteiger partial charge < -0.3 is 14.7 Å². The van der Waals surface area contributed by atoms with Crippen molar-refractivity contribution in [1.29, 1.82) is 0 Å². The fourth-order valence-electron chi connectivity index (χ4n) is 3.00. The Morgan fingerprint density at radius 3 is 2.40 bits per heavy atom. The van der Waals surface area contributed by atoms with E-state index < -0.39 is 0 Å². The van der Waals surface area contributed by atoms with Gasteiger partial charge in [0, 0.05) is 13.5 Å². The molecule has 0 aliphatic carbocycles. The fourth-order valence-corrected chi connectivity index (χ4v) is 3.00. The number of carbonyl (C=O) groups is 1. The number of rotatable bonds is 7.